The Bertz CT molecular complexity index is 1210. The summed E-state index contributed by atoms with van der Waals surface area (Å²) in [5, 5.41) is 17.3. The Balaban J connectivity index is 1.25. The van der Waals surface area contributed by atoms with Crippen LogP contribution in [0, 0.1) is 51.8 Å². The molecule has 7 fully saturated rings. The summed E-state index contributed by atoms with van der Waals surface area (Å²) in [6.45, 7) is 6.27. The molecule has 0 aromatic carbocycles. The predicted molar refractivity (Wildman–Crippen MR) is 144 cm³/mol. The van der Waals surface area contributed by atoms with E-state index in [0.717, 1.165) is 19.3 Å². The minimum atomic E-state index is -5.16. The van der Waals surface area contributed by atoms with Gasteiger partial charge in [-0.1, -0.05) is 13.8 Å². The third-order valence-corrected chi connectivity index (χ3v) is 11.4. The predicted octanol–water partition coefficient (Wildman–Crippen LogP) is 2.03. The lowest BCUT2D eigenvalue weighted by molar-refractivity contribution is -0.179. The van der Waals surface area contributed by atoms with Gasteiger partial charge in [0.25, 0.3) is 0 Å². The number of morpholine rings is 1. The summed E-state index contributed by atoms with van der Waals surface area (Å²) in [6, 6.07) is -1.48. The Labute approximate surface area is 248 Å². The molecule has 0 radical (unpaired) electrons. The van der Waals surface area contributed by atoms with Gasteiger partial charge in [-0.25, -0.2) is 0 Å². The molecular formula is C30H40F3N5O5. The van der Waals surface area contributed by atoms with E-state index in [1.54, 1.807) is 6.92 Å². The second-order valence-electron chi connectivity index (χ2n) is 14.7. The number of fused-ring (bicyclic) bond motifs is 1. The first-order valence-corrected chi connectivity index (χ1v) is 15.4. The number of nitrogens with one attached hydrogen (secondary N) is 3. The second kappa shape index (κ2) is 10.3. The Morgan fingerprint density at radius 3 is 2.28 bits per heavy atom. The van der Waals surface area contributed by atoms with Crippen LogP contribution >= 0.6 is 0 Å². The molecule has 13 heteroatoms. The van der Waals surface area contributed by atoms with Gasteiger partial charge in [0.05, 0.1) is 12.2 Å². The smallest absolute Gasteiger partial charge is 0.363 e. The molecule has 4 bridgehead atoms. The van der Waals surface area contributed by atoms with E-state index in [9.17, 15) is 37.6 Å². The summed E-state index contributed by atoms with van der Waals surface area (Å²) < 4.78 is 46.3. The first-order chi connectivity index (χ1) is 20.1. The quantitative estimate of drug-likeness (QED) is 0.405. The molecule has 5 aliphatic carbocycles. The van der Waals surface area contributed by atoms with Crippen LogP contribution in [0.4, 0.5) is 13.2 Å². The average Bonchev–Trinajstić information content (AvgIpc) is 3.24. The van der Waals surface area contributed by atoms with Gasteiger partial charge in [0.2, 0.25) is 17.7 Å². The number of hydrogen-bond acceptors (Lipinski definition) is 6. The minimum absolute atomic E-state index is 0.0450. The number of amides is 4. The third-order valence-electron chi connectivity index (χ3n) is 11.4. The molecule has 7 rings (SSSR count). The van der Waals surface area contributed by atoms with E-state index < -0.39 is 53.5 Å². The molecule has 5 saturated carbocycles. The van der Waals surface area contributed by atoms with Crippen molar-refractivity contribution in [3.8, 4) is 6.07 Å². The van der Waals surface area contributed by atoms with Gasteiger partial charge in [0.15, 0.2) is 0 Å². The fraction of sp³-hybridized carbons (Fsp3) is 0.833. The summed E-state index contributed by atoms with van der Waals surface area (Å²) in [4.78, 5) is 54.2. The molecule has 2 aliphatic heterocycles. The molecule has 2 unspecified atom stereocenters. The van der Waals surface area contributed by atoms with Crippen molar-refractivity contribution >= 4 is 23.6 Å². The summed E-state index contributed by atoms with van der Waals surface area (Å²) in [6.07, 6.45) is -1.71. The Morgan fingerprint density at radius 1 is 1.12 bits per heavy atom. The highest BCUT2D eigenvalue weighted by Crippen LogP contribution is 2.66. The molecule has 7 atom stereocenters. The van der Waals surface area contributed by atoms with Crippen molar-refractivity contribution in [2.24, 2.45) is 40.4 Å². The van der Waals surface area contributed by atoms with E-state index >= 15 is 0 Å². The Hall–Kier alpha value is -2.88. The van der Waals surface area contributed by atoms with Crippen LogP contribution in [0.5, 0.6) is 0 Å². The van der Waals surface area contributed by atoms with Gasteiger partial charge in [-0.3, -0.25) is 19.2 Å². The molecule has 2 saturated heterocycles. The molecule has 3 N–H and O–H groups in total. The van der Waals surface area contributed by atoms with Crippen LogP contribution in [-0.2, 0) is 23.9 Å². The number of halogens is 3. The summed E-state index contributed by atoms with van der Waals surface area (Å²) in [5.74, 6) is -3.12. The number of hydrogen-bond donors (Lipinski definition) is 3. The second-order valence-corrected chi connectivity index (χ2v) is 14.7. The number of rotatable bonds is 7. The average molecular weight is 608 g/mol. The van der Waals surface area contributed by atoms with Crippen molar-refractivity contribution in [3.05, 3.63) is 0 Å². The summed E-state index contributed by atoms with van der Waals surface area (Å²) >= 11 is 0. The van der Waals surface area contributed by atoms with Crippen LogP contribution in [0.3, 0.4) is 0 Å². The highest BCUT2D eigenvalue weighted by molar-refractivity contribution is 5.95. The summed E-state index contributed by atoms with van der Waals surface area (Å²) in [5.41, 5.74) is -1.07. The number of piperidine rings is 1. The zero-order chi connectivity index (χ0) is 31.1. The molecule has 10 nitrogen and oxygen atoms in total. The standard InChI is InChI=1S/C30H40F3N5O5/c1-14-12-35-24(39)20(43-14)7-18(11-34)36-25(40)22-21-19(28(21,2)3)13-38(22)26(41)23(37-27(42)30(31,32)33)29-8-15-4-16(9-29)6-17(5-15)10-29/h14-23H,4-10,12-13H2,1-3H3,(H,35,39)(H,36,40)(H,37,42)/t14?,15?,16?,17?,18-,19-,20-,21-,22-,23?,29?/m0/s1. The van der Waals surface area contributed by atoms with Gasteiger partial charge in [-0.15, -0.1) is 0 Å². The maximum absolute atomic E-state index is 14.4. The molecule has 43 heavy (non-hydrogen) atoms. The number of alkyl halides is 3. The van der Waals surface area contributed by atoms with Crippen LogP contribution < -0.4 is 16.0 Å². The zero-order valence-electron chi connectivity index (χ0n) is 24.7. The van der Waals surface area contributed by atoms with E-state index in [1.165, 1.54) is 4.90 Å². The van der Waals surface area contributed by atoms with E-state index in [1.807, 2.05) is 19.9 Å². The van der Waals surface area contributed by atoms with E-state index in [4.69, 9.17) is 4.74 Å². The number of likely N-dealkylation sites (tertiary alicyclic amines) is 1. The number of nitriles is 1. The van der Waals surface area contributed by atoms with Crippen LogP contribution in [0.1, 0.15) is 65.7 Å². The number of ether oxygens (including phenoxy) is 1. The van der Waals surface area contributed by atoms with Crippen molar-refractivity contribution in [2.45, 2.75) is 102 Å². The molecular weight excluding hydrogens is 567 g/mol. The molecule has 0 spiro atoms. The van der Waals surface area contributed by atoms with Crippen LogP contribution in [-0.4, -0.2) is 78.1 Å². The van der Waals surface area contributed by atoms with E-state index in [-0.39, 0.29) is 42.2 Å². The van der Waals surface area contributed by atoms with Gasteiger partial charge in [0.1, 0.15) is 24.2 Å². The maximum Gasteiger partial charge on any atom is 0.471 e. The number of carbonyl (C=O) groups excluding carboxylic acids is 4. The first kappa shape index (κ1) is 30.2. The normalized spacial score (nSPS) is 40.1. The minimum Gasteiger partial charge on any atom is -0.363 e. The molecule has 2 heterocycles. The van der Waals surface area contributed by atoms with Crippen molar-refractivity contribution in [1.82, 2.24) is 20.9 Å². The van der Waals surface area contributed by atoms with Crippen LogP contribution in [0.25, 0.3) is 0 Å². The molecule has 0 aromatic rings. The molecule has 4 amide bonds. The van der Waals surface area contributed by atoms with Crippen molar-refractivity contribution < 1.29 is 37.1 Å². The largest absolute Gasteiger partial charge is 0.471 e. The topological polar surface area (TPSA) is 141 Å². The Morgan fingerprint density at radius 2 is 1.72 bits per heavy atom. The highest BCUT2D eigenvalue weighted by Gasteiger charge is 2.70. The van der Waals surface area contributed by atoms with Gasteiger partial charge in [0, 0.05) is 24.9 Å². The van der Waals surface area contributed by atoms with Gasteiger partial charge >= 0.3 is 12.1 Å². The fourth-order valence-corrected chi connectivity index (χ4v) is 9.73. The Kier molecular flexibility index (Phi) is 7.26. The van der Waals surface area contributed by atoms with Gasteiger partial charge < -0.3 is 25.6 Å². The molecule has 0 aromatic heterocycles. The lowest BCUT2D eigenvalue weighted by Crippen LogP contribution is -2.65. The monoisotopic (exact) mass is 607 g/mol. The maximum atomic E-state index is 14.4. The van der Waals surface area contributed by atoms with Gasteiger partial charge in [-0.05, 0) is 80.5 Å². The fourth-order valence-electron chi connectivity index (χ4n) is 9.73. The highest BCUT2D eigenvalue weighted by atomic mass is 19.4. The zero-order valence-corrected chi connectivity index (χ0v) is 24.7. The SMILES string of the molecule is CC1CNC(=O)[C@H](C[C@@H](C#N)NC(=O)[C@@H]2[C@@H]3[C@H](CN2C(=O)C(NC(=O)C(F)(F)F)C24CC5CC(CC(C5)C2)C4)C3(C)C)O1. The third kappa shape index (κ3) is 5.27. The lowest BCUT2D eigenvalue weighted by Gasteiger charge is -2.59. The van der Waals surface area contributed by atoms with Crippen molar-refractivity contribution in [1.29, 1.82) is 5.26 Å². The van der Waals surface area contributed by atoms with Crippen LogP contribution in [0.15, 0.2) is 0 Å². The van der Waals surface area contributed by atoms with Crippen LogP contribution in [0.2, 0.25) is 0 Å². The van der Waals surface area contributed by atoms with E-state index in [2.05, 4.69) is 16.0 Å². The molecule has 7 aliphatic rings. The van der Waals surface area contributed by atoms with Crippen molar-refractivity contribution in [3.63, 3.8) is 0 Å². The lowest BCUT2D eigenvalue weighted by atomic mass is 9.47. The van der Waals surface area contributed by atoms with Gasteiger partial charge in [-0.2, -0.15) is 18.4 Å². The number of carbonyl (C=O) groups is 4. The van der Waals surface area contributed by atoms with E-state index in [0.29, 0.717) is 43.6 Å². The van der Waals surface area contributed by atoms with Crippen molar-refractivity contribution in [2.75, 3.05) is 13.1 Å². The first-order valence-electron chi connectivity index (χ1n) is 15.4. The number of nitrogens with zero attached hydrogens (tertiary/aromatic N) is 2. The molecule has 236 valence electrons. The summed E-state index contributed by atoms with van der Waals surface area (Å²) in [7, 11) is 0.